The summed E-state index contributed by atoms with van der Waals surface area (Å²) in [5.41, 5.74) is 0.601. The summed E-state index contributed by atoms with van der Waals surface area (Å²) >= 11 is 6.63. The average molecular weight is 352 g/mol. The van der Waals surface area contributed by atoms with Crippen LogP contribution in [0.3, 0.4) is 0 Å². The van der Waals surface area contributed by atoms with Gasteiger partial charge in [0.2, 0.25) is 0 Å². The van der Waals surface area contributed by atoms with Crippen molar-refractivity contribution in [2.45, 2.75) is 19.4 Å². The number of carboxylic acids is 1. The highest BCUT2D eigenvalue weighted by atomic mass is 79.9. The van der Waals surface area contributed by atoms with Gasteiger partial charge < -0.3 is 10.2 Å². The summed E-state index contributed by atoms with van der Waals surface area (Å²) in [6.07, 6.45) is -0.587. The monoisotopic (exact) mass is 350 g/mol. The molecule has 5 heteroatoms. The molecule has 2 N–H and O–H groups in total. The number of hydrogen-bond donors (Lipinski definition) is 2. The fourth-order valence-electron chi connectivity index (χ4n) is 1.46. The number of carbonyl (C=O) groups is 1. The van der Waals surface area contributed by atoms with Crippen LogP contribution in [0.25, 0.3) is 0 Å². The summed E-state index contributed by atoms with van der Waals surface area (Å²) in [4.78, 5) is 10.9. The third-order valence-electron chi connectivity index (χ3n) is 2.42. The first-order valence-electron chi connectivity index (χ1n) is 4.83. The quantitative estimate of drug-likeness (QED) is 0.874. The van der Waals surface area contributed by atoms with E-state index in [1.165, 1.54) is 0 Å². The van der Waals surface area contributed by atoms with Gasteiger partial charge in [-0.25, -0.2) is 0 Å². The lowest BCUT2D eigenvalue weighted by Gasteiger charge is -2.18. The van der Waals surface area contributed by atoms with E-state index in [2.05, 4.69) is 31.9 Å². The third-order valence-corrected chi connectivity index (χ3v) is 4.30. The number of aliphatic carboxylic acids is 1. The predicted molar refractivity (Wildman–Crippen MR) is 68.2 cm³/mol. The molecule has 0 aliphatic carbocycles. The van der Waals surface area contributed by atoms with Crippen molar-refractivity contribution < 1.29 is 15.0 Å². The molecule has 0 aromatic heterocycles. The van der Waals surface area contributed by atoms with Gasteiger partial charge in [-0.2, -0.15) is 0 Å². The SMILES string of the molecule is CCC(C(=O)O)C(O)c1ccc(Br)c(Br)c1. The second-order valence-electron chi connectivity index (χ2n) is 3.47. The van der Waals surface area contributed by atoms with E-state index < -0.39 is 18.0 Å². The van der Waals surface area contributed by atoms with E-state index in [4.69, 9.17) is 5.11 Å². The zero-order valence-electron chi connectivity index (χ0n) is 8.65. The summed E-state index contributed by atoms with van der Waals surface area (Å²) in [6.45, 7) is 1.75. The molecule has 0 fully saturated rings. The van der Waals surface area contributed by atoms with Crippen molar-refractivity contribution in [3.05, 3.63) is 32.7 Å². The van der Waals surface area contributed by atoms with Crippen LogP contribution in [0.1, 0.15) is 25.0 Å². The zero-order chi connectivity index (χ0) is 12.3. The Labute approximate surface area is 111 Å². The van der Waals surface area contributed by atoms with Crippen LogP contribution in [-0.2, 0) is 4.79 Å². The minimum Gasteiger partial charge on any atom is -0.481 e. The van der Waals surface area contributed by atoms with Gasteiger partial charge in [-0.3, -0.25) is 4.79 Å². The molecule has 0 aliphatic rings. The second kappa shape index (κ2) is 5.80. The van der Waals surface area contributed by atoms with Crippen molar-refractivity contribution >= 4 is 37.8 Å². The summed E-state index contributed by atoms with van der Waals surface area (Å²) < 4.78 is 1.66. The van der Waals surface area contributed by atoms with E-state index in [9.17, 15) is 9.90 Å². The second-order valence-corrected chi connectivity index (χ2v) is 5.18. The number of hydrogen-bond acceptors (Lipinski definition) is 2. The Morgan fingerprint density at radius 1 is 1.38 bits per heavy atom. The lowest BCUT2D eigenvalue weighted by molar-refractivity contribution is -0.146. The van der Waals surface area contributed by atoms with Crippen LogP contribution in [0.5, 0.6) is 0 Å². The Bertz CT molecular complexity index is 393. The van der Waals surface area contributed by atoms with Gasteiger partial charge >= 0.3 is 5.97 Å². The van der Waals surface area contributed by atoms with Crippen molar-refractivity contribution in [1.29, 1.82) is 0 Å². The van der Waals surface area contributed by atoms with Crippen molar-refractivity contribution in [1.82, 2.24) is 0 Å². The summed E-state index contributed by atoms with van der Waals surface area (Å²) in [5, 5.41) is 18.9. The van der Waals surface area contributed by atoms with Crippen LogP contribution in [0.15, 0.2) is 27.1 Å². The number of rotatable bonds is 4. The van der Waals surface area contributed by atoms with Crippen LogP contribution in [-0.4, -0.2) is 16.2 Å². The van der Waals surface area contributed by atoms with Crippen molar-refractivity contribution in [3.63, 3.8) is 0 Å². The largest absolute Gasteiger partial charge is 0.481 e. The number of aliphatic hydroxyl groups is 1. The maximum atomic E-state index is 10.9. The van der Waals surface area contributed by atoms with Gasteiger partial charge in [0.05, 0.1) is 12.0 Å². The standard InChI is InChI=1S/C11H12Br2O3/c1-2-7(11(15)16)10(14)6-3-4-8(12)9(13)5-6/h3-5,7,10,14H,2H2,1H3,(H,15,16). The third kappa shape index (κ3) is 3.06. The van der Waals surface area contributed by atoms with E-state index in [-0.39, 0.29) is 0 Å². The van der Waals surface area contributed by atoms with E-state index in [1.54, 1.807) is 25.1 Å². The molecular weight excluding hydrogens is 340 g/mol. The average Bonchev–Trinajstić information content (AvgIpc) is 2.22. The number of benzene rings is 1. The maximum Gasteiger partial charge on any atom is 0.309 e. The Morgan fingerprint density at radius 3 is 2.44 bits per heavy atom. The molecule has 88 valence electrons. The lowest BCUT2D eigenvalue weighted by atomic mass is 9.94. The molecule has 0 saturated carbocycles. The first-order chi connectivity index (χ1) is 7.47. The van der Waals surface area contributed by atoms with Crippen LogP contribution >= 0.6 is 31.9 Å². The fraction of sp³-hybridized carbons (Fsp3) is 0.364. The van der Waals surface area contributed by atoms with Gasteiger partial charge in [0.25, 0.3) is 0 Å². The highest BCUT2D eigenvalue weighted by molar-refractivity contribution is 9.13. The summed E-state index contributed by atoms with van der Waals surface area (Å²) in [5.74, 6) is -1.75. The topological polar surface area (TPSA) is 57.5 Å². The van der Waals surface area contributed by atoms with Gasteiger partial charge in [-0.1, -0.05) is 13.0 Å². The first-order valence-corrected chi connectivity index (χ1v) is 6.41. The highest BCUT2D eigenvalue weighted by Crippen LogP contribution is 2.30. The molecule has 0 aliphatic heterocycles. The van der Waals surface area contributed by atoms with Crippen LogP contribution in [0, 0.1) is 5.92 Å². The fourth-order valence-corrected chi connectivity index (χ4v) is 2.10. The number of halogens is 2. The number of aliphatic hydroxyl groups excluding tert-OH is 1. The Kier molecular flexibility index (Phi) is 4.95. The van der Waals surface area contributed by atoms with Crippen molar-refractivity contribution in [2.24, 2.45) is 5.92 Å². The van der Waals surface area contributed by atoms with Gasteiger partial charge in [0, 0.05) is 8.95 Å². The molecule has 3 nitrogen and oxygen atoms in total. The van der Waals surface area contributed by atoms with Crippen LogP contribution in [0.2, 0.25) is 0 Å². The highest BCUT2D eigenvalue weighted by Gasteiger charge is 2.26. The molecule has 0 heterocycles. The zero-order valence-corrected chi connectivity index (χ0v) is 11.8. The van der Waals surface area contributed by atoms with E-state index in [0.717, 1.165) is 8.95 Å². The normalized spacial score (nSPS) is 14.5. The summed E-state index contributed by atoms with van der Waals surface area (Å²) in [7, 11) is 0. The Morgan fingerprint density at radius 2 is 2.00 bits per heavy atom. The molecule has 2 atom stereocenters. The molecule has 1 aromatic carbocycles. The molecule has 1 aromatic rings. The molecule has 2 unspecified atom stereocenters. The maximum absolute atomic E-state index is 10.9. The molecule has 0 spiro atoms. The van der Waals surface area contributed by atoms with Gasteiger partial charge in [0.15, 0.2) is 0 Å². The van der Waals surface area contributed by atoms with E-state index in [1.807, 2.05) is 0 Å². The van der Waals surface area contributed by atoms with Gasteiger partial charge in [-0.15, -0.1) is 0 Å². The van der Waals surface area contributed by atoms with E-state index >= 15 is 0 Å². The molecular formula is C11H12Br2O3. The molecule has 16 heavy (non-hydrogen) atoms. The Hall–Kier alpha value is -0.390. The predicted octanol–water partition coefficient (Wildman–Crippen LogP) is 3.36. The van der Waals surface area contributed by atoms with Crippen molar-refractivity contribution in [3.8, 4) is 0 Å². The minimum atomic E-state index is -0.980. The molecule has 0 radical (unpaired) electrons. The first kappa shape index (κ1) is 13.7. The Balaban J connectivity index is 2.99. The van der Waals surface area contributed by atoms with Crippen LogP contribution in [0.4, 0.5) is 0 Å². The smallest absolute Gasteiger partial charge is 0.309 e. The van der Waals surface area contributed by atoms with Gasteiger partial charge in [0.1, 0.15) is 0 Å². The van der Waals surface area contributed by atoms with Crippen molar-refractivity contribution in [2.75, 3.05) is 0 Å². The van der Waals surface area contributed by atoms with E-state index in [0.29, 0.717) is 12.0 Å². The number of carboxylic acid groups (broad SMARTS) is 1. The lowest BCUT2D eigenvalue weighted by Crippen LogP contribution is -2.21. The van der Waals surface area contributed by atoms with Gasteiger partial charge in [-0.05, 0) is 56.0 Å². The molecule has 0 bridgehead atoms. The minimum absolute atomic E-state index is 0.393. The van der Waals surface area contributed by atoms with Crippen LogP contribution < -0.4 is 0 Å². The molecule has 0 saturated heterocycles. The molecule has 0 amide bonds. The molecule has 1 rings (SSSR count). The summed E-state index contributed by atoms with van der Waals surface area (Å²) in [6, 6.07) is 5.21.